The fraction of sp³-hybridized carbons (Fsp3) is 0. The Morgan fingerprint density at radius 2 is 1.29 bits per heavy atom. The minimum Gasteiger partial charge on any atom is -0.498 e. The molecule has 0 aliphatic rings. The molecule has 0 aromatic heterocycles. The first kappa shape index (κ1) is 24.3. The highest BCUT2D eigenvalue weighted by Crippen LogP contribution is 2.37. The highest BCUT2D eigenvalue weighted by Gasteiger charge is 2.31. The lowest BCUT2D eigenvalue weighted by molar-refractivity contribution is 0.281. The topological polar surface area (TPSA) is 38.7 Å². The summed E-state index contributed by atoms with van der Waals surface area (Å²) < 4.78 is 135. The second kappa shape index (κ2) is 9.06. The number of fused-ring (bicyclic) bond motifs is 1. The summed E-state index contributed by atoms with van der Waals surface area (Å²) in [5.41, 5.74) is -0.954. The van der Waals surface area contributed by atoms with E-state index in [9.17, 15) is 44.5 Å². The van der Waals surface area contributed by atoms with E-state index < -0.39 is 93.1 Å². The summed E-state index contributed by atoms with van der Waals surface area (Å²) in [6.45, 7) is 0. The summed E-state index contributed by atoms with van der Waals surface area (Å²) in [6.07, 6.45) is 0. The van der Waals surface area contributed by atoms with Crippen LogP contribution in [0.4, 0.5) is 39.5 Å². The maximum absolute atomic E-state index is 14.3. The fourth-order valence-electron chi connectivity index (χ4n) is 3.26. The van der Waals surface area contributed by atoms with Gasteiger partial charge in [-0.05, 0) is 35.9 Å². The van der Waals surface area contributed by atoms with E-state index in [1.165, 1.54) is 0 Å². The minimum atomic E-state index is -2.76. The summed E-state index contributed by atoms with van der Waals surface area (Å²) in [7, 11) is -2.76. The second-order valence-electron chi connectivity index (χ2n) is 6.97. The van der Waals surface area contributed by atoms with Crippen LogP contribution in [0.25, 0.3) is 21.9 Å². The normalized spacial score (nSPS) is 11.1. The van der Waals surface area contributed by atoms with Gasteiger partial charge < -0.3 is 14.3 Å². The number of hydrogen-bond donors (Lipinski definition) is 1. The van der Waals surface area contributed by atoms with E-state index in [0.717, 1.165) is 18.2 Å². The molecule has 0 atom stereocenters. The Morgan fingerprint density at radius 1 is 0.600 bits per heavy atom. The van der Waals surface area contributed by atoms with Gasteiger partial charge in [-0.1, -0.05) is 12.1 Å². The van der Waals surface area contributed by atoms with E-state index in [0.29, 0.717) is 24.3 Å². The van der Waals surface area contributed by atoms with Gasteiger partial charge in [0.2, 0.25) is 5.82 Å². The molecule has 13 heteroatoms. The van der Waals surface area contributed by atoms with Crippen LogP contribution in [0.2, 0.25) is 0 Å². The zero-order chi connectivity index (χ0) is 25.6. The molecule has 0 heterocycles. The van der Waals surface area contributed by atoms with Gasteiger partial charge in [-0.25, -0.2) is 30.7 Å². The second-order valence-corrected chi connectivity index (χ2v) is 6.97. The molecule has 0 radical (unpaired) electrons. The number of rotatable bonds is 5. The van der Waals surface area contributed by atoms with Gasteiger partial charge in [0.05, 0.1) is 5.39 Å². The average Bonchev–Trinajstić information content (AvgIpc) is 2.81. The van der Waals surface area contributed by atoms with Gasteiger partial charge in [0.25, 0.3) is 0 Å². The highest BCUT2D eigenvalue weighted by atomic mass is 19.2. The smallest absolute Gasteiger partial charge is 0.498 e. The van der Waals surface area contributed by atoms with Crippen molar-refractivity contribution in [3.05, 3.63) is 94.8 Å². The molecule has 0 aliphatic carbocycles. The molecule has 3 nitrogen and oxygen atoms in total. The van der Waals surface area contributed by atoms with Crippen LogP contribution in [0.5, 0.6) is 11.5 Å². The molecule has 0 amide bonds. The van der Waals surface area contributed by atoms with E-state index in [1.54, 1.807) is 0 Å². The third-order valence-electron chi connectivity index (χ3n) is 4.85. The van der Waals surface area contributed by atoms with Crippen molar-refractivity contribution in [3.8, 4) is 22.6 Å². The molecular weight excluding hydrogens is 494 g/mol. The van der Waals surface area contributed by atoms with E-state index >= 15 is 0 Å². The lowest BCUT2D eigenvalue weighted by Crippen LogP contribution is -2.31. The monoisotopic (exact) mass is 502 g/mol. The van der Waals surface area contributed by atoms with Crippen molar-refractivity contribution in [2.45, 2.75) is 0 Å². The zero-order valence-corrected chi connectivity index (χ0v) is 16.8. The molecule has 0 spiro atoms. The van der Waals surface area contributed by atoms with Crippen molar-refractivity contribution in [2.24, 2.45) is 0 Å². The number of benzene rings is 4. The van der Waals surface area contributed by atoms with Crippen molar-refractivity contribution >= 4 is 18.1 Å². The molecule has 0 saturated carbocycles. The predicted octanol–water partition coefficient (Wildman–Crippen LogP) is 6.19. The quantitative estimate of drug-likeness (QED) is 0.201. The van der Waals surface area contributed by atoms with Crippen LogP contribution in [0.15, 0.2) is 42.5 Å². The standard InChI is InChI=1S/C22H8BF9O3/c24-11-3-1-2-9(16(11)27)8-6-13(26)17(28)14(7-8)34-23(33)35-22-10-4-5-12(25)18(29)15(10)19(30)20(31)21(22)32/h1-7,33H. The van der Waals surface area contributed by atoms with Crippen LogP contribution < -0.4 is 9.31 Å². The van der Waals surface area contributed by atoms with E-state index in [4.69, 9.17) is 0 Å². The summed E-state index contributed by atoms with van der Waals surface area (Å²) in [5.74, 6) is -18.5. The maximum Gasteiger partial charge on any atom is 0.785 e. The van der Waals surface area contributed by atoms with Crippen molar-refractivity contribution in [2.75, 3.05) is 0 Å². The molecule has 4 aromatic carbocycles. The summed E-state index contributed by atoms with van der Waals surface area (Å²) in [5, 5.41) is 7.76. The lowest BCUT2D eigenvalue weighted by atomic mass is 10.0. The van der Waals surface area contributed by atoms with Gasteiger partial charge in [-0.3, -0.25) is 0 Å². The Hall–Kier alpha value is -3.87. The van der Waals surface area contributed by atoms with Crippen molar-refractivity contribution in [3.63, 3.8) is 0 Å². The number of halogens is 9. The Bertz CT molecular complexity index is 1480. The first-order valence-corrected chi connectivity index (χ1v) is 9.40. The van der Waals surface area contributed by atoms with Crippen molar-refractivity contribution < 1.29 is 53.8 Å². The highest BCUT2D eigenvalue weighted by molar-refractivity contribution is 6.37. The Kier molecular flexibility index (Phi) is 6.28. The van der Waals surface area contributed by atoms with Gasteiger partial charge >= 0.3 is 7.32 Å². The summed E-state index contributed by atoms with van der Waals surface area (Å²) in [4.78, 5) is 0. The first-order valence-electron chi connectivity index (χ1n) is 9.40. The van der Waals surface area contributed by atoms with Gasteiger partial charge in [0, 0.05) is 10.9 Å². The molecular formula is C22H8BF9O3. The molecule has 0 saturated heterocycles. The zero-order valence-electron chi connectivity index (χ0n) is 16.8. The molecule has 0 aliphatic heterocycles. The Labute approximate surface area is 190 Å². The van der Waals surface area contributed by atoms with Crippen LogP contribution in [0, 0.1) is 52.4 Å². The van der Waals surface area contributed by atoms with Gasteiger partial charge in [0.15, 0.2) is 52.3 Å². The molecule has 0 unspecified atom stereocenters. The molecule has 0 bridgehead atoms. The Morgan fingerprint density at radius 3 is 2.00 bits per heavy atom. The predicted molar refractivity (Wildman–Crippen MR) is 105 cm³/mol. The molecule has 35 heavy (non-hydrogen) atoms. The maximum atomic E-state index is 14.3. The van der Waals surface area contributed by atoms with E-state index in [1.807, 2.05) is 0 Å². The molecule has 180 valence electrons. The lowest BCUT2D eigenvalue weighted by Gasteiger charge is -2.16. The van der Waals surface area contributed by atoms with Crippen LogP contribution in [-0.2, 0) is 0 Å². The largest absolute Gasteiger partial charge is 0.785 e. The minimum absolute atomic E-state index is 0.431. The van der Waals surface area contributed by atoms with Gasteiger partial charge in [-0.15, -0.1) is 0 Å². The molecule has 1 N–H and O–H groups in total. The molecule has 4 rings (SSSR count). The Balaban J connectivity index is 1.73. The van der Waals surface area contributed by atoms with Gasteiger partial charge in [0.1, 0.15) is 5.75 Å². The van der Waals surface area contributed by atoms with E-state index in [-0.39, 0.29) is 0 Å². The fourth-order valence-corrected chi connectivity index (χ4v) is 3.26. The van der Waals surface area contributed by atoms with Crippen LogP contribution in [-0.4, -0.2) is 12.3 Å². The number of hydrogen-bond acceptors (Lipinski definition) is 3. The first-order chi connectivity index (χ1) is 16.5. The average molecular weight is 502 g/mol. The van der Waals surface area contributed by atoms with Gasteiger partial charge in [-0.2, -0.15) is 8.78 Å². The van der Waals surface area contributed by atoms with Crippen LogP contribution >= 0.6 is 0 Å². The third-order valence-corrected chi connectivity index (χ3v) is 4.85. The molecule has 0 fully saturated rings. The SMILES string of the molecule is OB(Oc1cc(-c2cccc(F)c2F)cc(F)c1F)Oc1c(F)c(F)c(F)c2c(F)c(F)ccc12. The third kappa shape index (κ3) is 4.23. The van der Waals surface area contributed by atoms with Crippen molar-refractivity contribution in [1.29, 1.82) is 0 Å². The van der Waals surface area contributed by atoms with Crippen LogP contribution in [0.3, 0.4) is 0 Å². The van der Waals surface area contributed by atoms with Crippen LogP contribution in [0.1, 0.15) is 0 Å². The summed E-state index contributed by atoms with van der Waals surface area (Å²) >= 11 is 0. The van der Waals surface area contributed by atoms with Crippen molar-refractivity contribution in [1.82, 2.24) is 0 Å². The van der Waals surface area contributed by atoms with E-state index in [2.05, 4.69) is 9.31 Å². The molecule has 4 aromatic rings. The summed E-state index contributed by atoms with van der Waals surface area (Å²) in [6, 6.07) is 5.04.